The zero-order chi connectivity index (χ0) is 17.4. The molecular formula is C18H22N2O3S. The molecule has 128 valence electrons. The monoisotopic (exact) mass is 346 g/mol. The Balaban J connectivity index is 1.76. The summed E-state index contributed by atoms with van der Waals surface area (Å²) in [4.78, 5) is 12.0. The van der Waals surface area contributed by atoms with Crippen molar-refractivity contribution in [3.8, 4) is 0 Å². The number of nitrogens with one attached hydrogen (secondary N) is 1. The first kappa shape index (κ1) is 18.2. The molecule has 5 nitrogen and oxygen atoms in total. The van der Waals surface area contributed by atoms with Gasteiger partial charge in [0.25, 0.3) is 5.91 Å². The van der Waals surface area contributed by atoms with Crippen molar-refractivity contribution in [3.63, 3.8) is 0 Å². The summed E-state index contributed by atoms with van der Waals surface area (Å²) in [6.45, 7) is 0.757. The van der Waals surface area contributed by atoms with Crippen LogP contribution in [-0.4, -0.2) is 26.6 Å². The summed E-state index contributed by atoms with van der Waals surface area (Å²) >= 11 is 0. The van der Waals surface area contributed by atoms with Gasteiger partial charge < -0.3 is 11.1 Å². The van der Waals surface area contributed by atoms with Gasteiger partial charge in [0.1, 0.15) is 0 Å². The molecule has 2 aromatic rings. The lowest BCUT2D eigenvalue weighted by molar-refractivity contribution is 0.0953. The third-order valence-electron chi connectivity index (χ3n) is 3.60. The SMILES string of the molecule is NCc1ccc(C(=O)NCCCS(=O)(=O)Cc2ccccc2)cc1. The molecule has 1 amide bonds. The second-order valence-electron chi connectivity index (χ2n) is 5.59. The van der Waals surface area contributed by atoms with Gasteiger partial charge >= 0.3 is 0 Å². The van der Waals surface area contributed by atoms with Crippen molar-refractivity contribution < 1.29 is 13.2 Å². The van der Waals surface area contributed by atoms with Crippen LogP contribution in [0.3, 0.4) is 0 Å². The molecule has 3 N–H and O–H groups in total. The summed E-state index contributed by atoms with van der Waals surface area (Å²) in [6.07, 6.45) is 0.391. The zero-order valence-electron chi connectivity index (χ0n) is 13.4. The van der Waals surface area contributed by atoms with Crippen molar-refractivity contribution in [3.05, 3.63) is 71.3 Å². The molecule has 0 heterocycles. The van der Waals surface area contributed by atoms with E-state index in [0.29, 0.717) is 25.1 Å². The minimum atomic E-state index is -3.17. The van der Waals surface area contributed by atoms with E-state index < -0.39 is 9.84 Å². The number of sulfone groups is 1. The van der Waals surface area contributed by atoms with Crippen LogP contribution in [0.2, 0.25) is 0 Å². The van der Waals surface area contributed by atoms with Crippen LogP contribution in [0, 0.1) is 0 Å². The maximum Gasteiger partial charge on any atom is 0.251 e. The van der Waals surface area contributed by atoms with E-state index >= 15 is 0 Å². The molecule has 24 heavy (non-hydrogen) atoms. The molecule has 0 aromatic heterocycles. The van der Waals surface area contributed by atoms with Crippen LogP contribution in [0.1, 0.15) is 27.9 Å². The Morgan fingerprint density at radius 2 is 1.62 bits per heavy atom. The number of carbonyl (C=O) groups excluding carboxylic acids is 1. The van der Waals surface area contributed by atoms with Gasteiger partial charge in [0.2, 0.25) is 0 Å². The summed E-state index contributed by atoms with van der Waals surface area (Å²) in [5.74, 6) is -0.129. The average molecular weight is 346 g/mol. The summed E-state index contributed by atoms with van der Waals surface area (Å²) in [7, 11) is -3.17. The number of amides is 1. The van der Waals surface area contributed by atoms with Crippen LogP contribution in [0.4, 0.5) is 0 Å². The second-order valence-corrected chi connectivity index (χ2v) is 7.77. The van der Waals surface area contributed by atoms with Gasteiger partial charge in [-0.3, -0.25) is 4.79 Å². The highest BCUT2D eigenvalue weighted by molar-refractivity contribution is 7.90. The van der Waals surface area contributed by atoms with Crippen LogP contribution in [0.5, 0.6) is 0 Å². The first-order chi connectivity index (χ1) is 11.5. The maximum absolute atomic E-state index is 12.1. The van der Waals surface area contributed by atoms with Crippen LogP contribution >= 0.6 is 0 Å². The van der Waals surface area contributed by atoms with Crippen molar-refractivity contribution in [2.24, 2.45) is 5.73 Å². The summed E-state index contributed by atoms with van der Waals surface area (Å²) in [5, 5.41) is 2.74. The Morgan fingerprint density at radius 1 is 0.958 bits per heavy atom. The lowest BCUT2D eigenvalue weighted by Gasteiger charge is -2.07. The molecule has 0 aliphatic heterocycles. The molecule has 0 spiro atoms. The molecule has 0 saturated heterocycles. The predicted molar refractivity (Wildman–Crippen MR) is 95.2 cm³/mol. The van der Waals surface area contributed by atoms with Crippen molar-refractivity contribution >= 4 is 15.7 Å². The largest absolute Gasteiger partial charge is 0.352 e. The highest BCUT2D eigenvalue weighted by Gasteiger charge is 2.12. The smallest absolute Gasteiger partial charge is 0.251 e. The fraction of sp³-hybridized carbons (Fsp3) is 0.278. The first-order valence-corrected chi connectivity index (χ1v) is 9.64. The van der Waals surface area contributed by atoms with Gasteiger partial charge in [-0.25, -0.2) is 8.42 Å². The van der Waals surface area contributed by atoms with Crippen molar-refractivity contribution in [1.29, 1.82) is 0 Å². The lowest BCUT2D eigenvalue weighted by Crippen LogP contribution is -2.26. The minimum Gasteiger partial charge on any atom is -0.352 e. The molecule has 0 atom stereocenters. The van der Waals surface area contributed by atoms with Crippen LogP contribution in [-0.2, 0) is 22.1 Å². The number of nitrogens with two attached hydrogens (primary N) is 1. The number of benzene rings is 2. The Bertz CT molecular complexity index is 757. The molecule has 2 rings (SSSR count). The Morgan fingerprint density at radius 3 is 2.25 bits per heavy atom. The standard InChI is InChI=1S/C18H22N2O3S/c19-13-15-7-9-17(10-8-15)18(21)20-11-4-12-24(22,23)14-16-5-2-1-3-6-16/h1-3,5-10H,4,11-14,19H2,(H,20,21). The van der Waals surface area contributed by atoms with Gasteiger partial charge in [-0.1, -0.05) is 42.5 Å². The number of carbonyl (C=O) groups is 1. The van der Waals surface area contributed by atoms with Crippen molar-refractivity contribution in [2.45, 2.75) is 18.7 Å². The van der Waals surface area contributed by atoms with E-state index in [-0.39, 0.29) is 17.4 Å². The molecule has 0 fully saturated rings. The normalized spacial score (nSPS) is 11.2. The van der Waals surface area contributed by atoms with Crippen molar-refractivity contribution in [2.75, 3.05) is 12.3 Å². The zero-order valence-corrected chi connectivity index (χ0v) is 14.3. The second kappa shape index (κ2) is 8.61. The number of hydrogen-bond acceptors (Lipinski definition) is 4. The fourth-order valence-electron chi connectivity index (χ4n) is 2.29. The Hall–Kier alpha value is -2.18. The fourth-order valence-corrected chi connectivity index (χ4v) is 3.72. The molecule has 2 aromatic carbocycles. The van der Waals surface area contributed by atoms with Crippen LogP contribution in [0.25, 0.3) is 0 Å². The number of hydrogen-bond donors (Lipinski definition) is 2. The van der Waals surface area contributed by atoms with E-state index in [1.54, 1.807) is 36.4 Å². The third kappa shape index (κ3) is 5.79. The van der Waals surface area contributed by atoms with E-state index in [2.05, 4.69) is 5.32 Å². The van der Waals surface area contributed by atoms with E-state index in [4.69, 9.17) is 5.73 Å². The number of rotatable bonds is 8. The molecule has 0 aliphatic carbocycles. The van der Waals surface area contributed by atoms with E-state index in [1.165, 1.54) is 0 Å². The Kier molecular flexibility index (Phi) is 6.52. The molecule has 0 saturated carbocycles. The lowest BCUT2D eigenvalue weighted by atomic mass is 10.1. The molecule has 0 aliphatic rings. The summed E-state index contributed by atoms with van der Waals surface area (Å²) in [5.41, 5.74) is 7.79. The van der Waals surface area contributed by atoms with E-state index in [0.717, 1.165) is 11.1 Å². The van der Waals surface area contributed by atoms with Gasteiger partial charge in [0.15, 0.2) is 9.84 Å². The summed E-state index contributed by atoms with van der Waals surface area (Å²) in [6, 6.07) is 16.1. The first-order valence-electron chi connectivity index (χ1n) is 7.82. The van der Waals surface area contributed by atoms with Crippen molar-refractivity contribution in [1.82, 2.24) is 5.32 Å². The van der Waals surface area contributed by atoms with Crippen LogP contribution in [0.15, 0.2) is 54.6 Å². The van der Waals surface area contributed by atoms with Crippen LogP contribution < -0.4 is 11.1 Å². The van der Waals surface area contributed by atoms with Gasteiger partial charge in [-0.05, 0) is 29.7 Å². The minimum absolute atomic E-state index is 0.0301. The molecule has 0 bridgehead atoms. The predicted octanol–water partition coefficient (Wildman–Crippen LogP) is 1.88. The highest BCUT2D eigenvalue weighted by Crippen LogP contribution is 2.07. The molecule has 0 radical (unpaired) electrons. The maximum atomic E-state index is 12.1. The molecular weight excluding hydrogens is 324 g/mol. The van der Waals surface area contributed by atoms with Gasteiger partial charge in [0, 0.05) is 18.7 Å². The summed E-state index contributed by atoms with van der Waals surface area (Å²) < 4.78 is 24.1. The van der Waals surface area contributed by atoms with Gasteiger partial charge in [-0.15, -0.1) is 0 Å². The topological polar surface area (TPSA) is 89.3 Å². The third-order valence-corrected chi connectivity index (χ3v) is 5.28. The van der Waals surface area contributed by atoms with Gasteiger partial charge in [0.05, 0.1) is 11.5 Å². The quantitative estimate of drug-likeness (QED) is 0.714. The van der Waals surface area contributed by atoms with Gasteiger partial charge in [-0.2, -0.15) is 0 Å². The molecule has 0 unspecified atom stereocenters. The highest BCUT2D eigenvalue weighted by atomic mass is 32.2. The average Bonchev–Trinajstić information content (AvgIpc) is 2.59. The molecule has 6 heteroatoms. The Labute approximate surface area is 142 Å². The van der Waals surface area contributed by atoms with E-state index in [1.807, 2.05) is 18.2 Å². The van der Waals surface area contributed by atoms with E-state index in [9.17, 15) is 13.2 Å².